The van der Waals surface area contributed by atoms with Crippen LogP contribution in [-0.4, -0.2) is 43.8 Å². The van der Waals surface area contributed by atoms with Crippen molar-refractivity contribution in [1.82, 2.24) is 24.6 Å². The monoisotopic (exact) mass is 459 g/mol. The van der Waals surface area contributed by atoms with E-state index in [1.165, 1.54) is 24.1 Å². The Morgan fingerprint density at radius 3 is 2.58 bits per heavy atom. The zero-order chi connectivity index (χ0) is 22.5. The number of nitrogens with zero attached hydrogens (tertiary/aromatic N) is 7. The van der Waals surface area contributed by atoms with E-state index in [4.69, 9.17) is 16.7 Å². The lowest BCUT2D eigenvalue weighted by atomic mass is 9.95. The lowest BCUT2D eigenvalue weighted by Gasteiger charge is -2.32. The molecule has 0 spiro atoms. The summed E-state index contributed by atoms with van der Waals surface area (Å²) in [5, 5.41) is 19.3. The molecule has 0 radical (unpaired) electrons. The molecule has 33 heavy (non-hydrogen) atoms. The van der Waals surface area contributed by atoms with E-state index in [0.717, 1.165) is 67.2 Å². The van der Waals surface area contributed by atoms with Gasteiger partial charge in [-0.25, -0.2) is 4.98 Å². The second kappa shape index (κ2) is 8.12. The summed E-state index contributed by atoms with van der Waals surface area (Å²) in [5.41, 5.74) is 3.85. The predicted octanol–water partition coefficient (Wildman–Crippen LogP) is 4.36. The molecule has 8 heteroatoms. The van der Waals surface area contributed by atoms with Crippen molar-refractivity contribution >= 4 is 17.4 Å². The second-order valence-corrected chi connectivity index (χ2v) is 9.83. The quantitative estimate of drug-likeness (QED) is 0.579. The number of hydrogen-bond acceptors (Lipinski definition) is 6. The van der Waals surface area contributed by atoms with Crippen LogP contribution in [0.2, 0.25) is 5.02 Å². The first-order valence-corrected chi connectivity index (χ1v) is 12.1. The van der Waals surface area contributed by atoms with Gasteiger partial charge in [-0.05, 0) is 68.5 Å². The normalized spacial score (nSPS) is 19.0. The Kier molecular flexibility index (Phi) is 5.08. The summed E-state index contributed by atoms with van der Waals surface area (Å²) >= 11 is 6.38. The minimum Gasteiger partial charge on any atom is -0.357 e. The van der Waals surface area contributed by atoms with Gasteiger partial charge < -0.3 is 4.90 Å². The number of nitriles is 1. The van der Waals surface area contributed by atoms with Gasteiger partial charge in [-0.15, -0.1) is 10.2 Å². The summed E-state index contributed by atoms with van der Waals surface area (Å²) < 4.78 is 2.30. The second-order valence-electron chi connectivity index (χ2n) is 9.39. The number of aromatic nitrogens is 4. The van der Waals surface area contributed by atoms with E-state index in [1.54, 1.807) is 0 Å². The summed E-state index contributed by atoms with van der Waals surface area (Å²) in [6, 6.07) is 12.9. The highest BCUT2D eigenvalue weighted by atomic mass is 35.5. The van der Waals surface area contributed by atoms with Crippen LogP contribution >= 0.6 is 11.6 Å². The fraction of sp³-hybridized carbons (Fsp3) is 0.440. The van der Waals surface area contributed by atoms with Gasteiger partial charge in [0, 0.05) is 36.6 Å². The highest BCUT2D eigenvalue weighted by Gasteiger charge is 2.35. The minimum atomic E-state index is 0.345. The van der Waals surface area contributed by atoms with Gasteiger partial charge in [0.05, 0.1) is 23.5 Å². The van der Waals surface area contributed by atoms with E-state index in [2.05, 4.69) is 42.7 Å². The molecule has 0 N–H and O–H groups in total. The zero-order valence-corrected chi connectivity index (χ0v) is 19.5. The van der Waals surface area contributed by atoms with Crippen LogP contribution in [0.15, 0.2) is 30.3 Å². The molecule has 1 aromatic carbocycles. The molecule has 1 aliphatic carbocycles. The molecule has 2 aliphatic heterocycles. The highest BCUT2D eigenvalue weighted by molar-refractivity contribution is 6.30. The molecular weight excluding hydrogens is 434 g/mol. The first kappa shape index (κ1) is 20.6. The Morgan fingerprint density at radius 2 is 1.85 bits per heavy atom. The van der Waals surface area contributed by atoms with Crippen LogP contribution in [0.4, 0.5) is 5.82 Å². The predicted molar refractivity (Wildman–Crippen MR) is 127 cm³/mol. The van der Waals surface area contributed by atoms with Gasteiger partial charge in [0.1, 0.15) is 17.7 Å². The van der Waals surface area contributed by atoms with Crippen molar-refractivity contribution in [2.45, 2.75) is 57.7 Å². The molecule has 168 valence electrons. The topological polar surface area (TPSA) is 73.9 Å². The van der Waals surface area contributed by atoms with E-state index in [9.17, 15) is 5.26 Å². The van der Waals surface area contributed by atoms with Gasteiger partial charge in [0.25, 0.3) is 0 Å². The largest absolute Gasteiger partial charge is 0.357 e. The van der Waals surface area contributed by atoms with E-state index < -0.39 is 0 Å². The Labute approximate surface area is 198 Å². The van der Waals surface area contributed by atoms with Crippen LogP contribution in [-0.2, 0) is 13.1 Å². The summed E-state index contributed by atoms with van der Waals surface area (Å²) in [4.78, 5) is 9.49. The molecule has 4 heterocycles. The van der Waals surface area contributed by atoms with E-state index in [1.807, 2.05) is 25.1 Å². The average Bonchev–Trinajstić information content (AvgIpc) is 3.61. The third kappa shape index (κ3) is 3.77. The number of piperidine rings is 1. The maximum Gasteiger partial charge on any atom is 0.151 e. The smallest absolute Gasteiger partial charge is 0.151 e. The molecule has 0 unspecified atom stereocenters. The SMILES string of the molecule is Cc1nc(N2CCC(c3nnc4n3-c3ccc(Cl)cc3CN(C3CC3)C4)CC2)ccc1C#N. The molecule has 1 saturated carbocycles. The van der Waals surface area contributed by atoms with Gasteiger partial charge >= 0.3 is 0 Å². The molecule has 2 aromatic heterocycles. The van der Waals surface area contributed by atoms with Gasteiger partial charge in [0.15, 0.2) is 5.82 Å². The summed E-state index contributed by atoms with van der Waals surface area (Å²) in [6.07, 6.45) is 4.51. The van der Waals surface area contributed by atoms with Crippen LogP contribution in [0, 0.1) is 18.3 Å². The van der Waals surface area contributed by atoms with Crippen molar-refractivity contribution in [2.75, 3.05) is 18.0 Å². The molecule has 0 atom stereocenters. The van der Waals surface area contributed by atoms with Crippen LogP contribution in [0.3, 0.4) is 0 Å². The van der Waals surface area contributed by atoms with Crippen LogP contribution in [0.5, 0.6) is 0 Å². The number of benzene rings is 1. The van der Waals surface area contributed by atoms with Crippen molar-refractivity contribution in [2.24, 2.45) is 0 Å². The maximum atomic E-state index is 9.18. The molecule has 3 aromatic rings. The van der Waals surface area contributed by atoms with Gasteiger partial charge in [0.2, 0.25) is 0 Å². The number of rotatable bonds is 3. The Morgan fingerprint density at radius 1 is 1.03 bits per heavy atom. The van der Waals surface area contributed by atoms with Crippen molar-refractivity contribution in [3.8, 4) is 11.8 Å². The van der Waals surface area contributed by atoms with Crippen LogP contribution in [0.1, 0.15) is 60.1 Å². The number of anilines is 1. The van der Waals surface area contributed by atoms with Gasteiger partial charge in [-0.3, -0.25) is 9.47 Å². The zero-order valence-electron chi connectivity index (χ0n) is 18.7. The van der Waals surface area contributed by atoms with E-state index >= 15 is 0 Å². The first-order chi connectivity index (χ1) is 16.1. The van der Waals surface area contributed by atoms with Crippen LogP contribution in [0.25, 0.3) is 5.69 Å². The lowest BCUT2D eigenvalue weighted by molar-refractivity contribution is 0.243. The molecule has 2 fully saturated rings. The van der Waals surface area contributed by atoms with Gasteiger partial charge in [-0.1, -0.05) is 11.6 Å². The number of aryl methyl sites for hydroxylation is 1. The molecule has 6 rings (SSSR count). The molecule has 0 amide bonds. The fourth-order valence-corrected chi connectivity index (χ4v) is 5.42. The highest BCUT2D eigenvalue weighted by Crippen LogP contribution is 2.37. The Hall–Kier alpha value is -2.95. The molecular formula is C25H26ClN7. The third-order valence-electron chi connectivity index (χ3n) is 7.19. The average molecular weight is 460 g/mol. The summed E-state index contributed by atoms with van der Waals surface area (Å²) in [6.45, 7) is 5.46. The summed E-state index contributed by atoms with van der Waals surface area (Å²) in [7, 11) is 0. The van der Waals surface area contributed by atoms with Crippen molar-refractivity contribution < 1.29 is 0 Å². The first-order valence-electron chi connectivity index (χ1n) is 11.7. The number of fused-ring (bicyclic) bond motifs is 3. The molecule has 0 bridgehead atoms. The van der Waals surface area contributed by atoms with Crippen molar-refractivity contribution in [3.63, 3.8) is 0 Å². The van der Waals surface area contributed by atoms with Crippen molar-refractivity contribution in [3.05, 3.63) is 63.8 Å². The maximum absolute atomic E-state index is 9.18. The lowest BCUT2D eigenvalue weighted by Crippen LogP contribution is -2.34. The number of pyridine rings is 1. The van der Waals surface area contributed by atoms with Crippen LogP contribution < -0.4 is 4.90 Å². The van der Waals surface area contributed by atoms with E-state index in [-0.39, 0.29) is 0 Å². The Balaban J connectivity index is 1.28. The number of hydrogen-bond donors (Lipinski definition) is 0. The fourth-order valence-electron chi connectivity index (χ4n) is 5.22. The van der Waals surface area contributed by atoms with E-state index in [0.29, 0.717) is 17.5 Å². The number of halogens is 1. The molecule has 3 aliphatic rings. The molecule has 7 nitrogen and oxygen atoms in total. The Bertz CT molecular complexity index is 1250. The van der Waals surface area contributed by atoms with Crippen molar-refractivity contribution in [1.29, 1.82) is 5.26 Å². The third-order valence-corrected chi connectivity index (χ3v) is 7.43. The standard InChI is InChI=1S/C25H26ClN7/c1-16-18(13-27)2-7-23(28-16)31-10-8-17(9-11-31)25-30-29-24-15-32(21-4-5-21)14-19-12-20(26)3-6-22(19)33(24)25/h2-3,6-7,12,17,21H,4-5,8-11,14-15H2,1H3. The van der Waals surface area contributed by atoms with Gasteiger partial charge in [-0.2, -0.15) is 5.26 Å². The minimum absolute atomic E-state index is 0.345. The summed E-state index contributed by atoms with van der Waals surface area (Å²) in [5.74, 6) is 3.39. The molecule has 1 saturated heterocycles.